The number of rotatable bonds is 6. The third-order valence-corrected chi connectivity index (χ3v) is 5.96. The van der Waals surface area contributed by atoms with Crippen molar-refractivity contribution < 1.29 is 4.74 Å². The van der Waals surface area contributed by atoms with Crippen LogP contribution >= 0.6 is 11.8 Å². The van der Waals surface area contributed by atoms with Gasteiger partial charge in [0.15, 0.2) is 0 Å². The average molecular weight is 268 g/mol. The summed E-state index contributed by atoms with van der Waals surface area (Å²) in [6, 6.07) is 0. The topological polar surface area (TPSA) is 9.23 Å². The van der Waals surface area contributed by atoms with E-state index in [-0.39, 0.29) is 0 Å². The van der Waals surface area contributed by atoms with Crippen LogP contribution in [-0.4, -0.2) is 18.1 Å². The molecule has 1 aliphatic heterocycles. The monoisotopic (exact) mass is 268 g/mol. The van der Waals surface area contributed by atoms with E-state index in [1.54, 1.807) is 5.57 Å². The summed E-state index contributed by atoms with van der Waals surface area (Å²) in [5.74, 6) is 2.75. The van der Waals surface area contributed by atoms with Crippen molar-refractivity contribution in [2.45, 2.75) is 64.7 Å². The van der Waals surface area contributed by atoms with Crippen LogP contribution in [0, 0.1) is 5.41 Å². The fourth-order valence-electron chi connectivity index (χ4n) is 3.13. The summed E-state index contributed by atoms with van der Waals surface area (Å²) in [7, 11) is 0. The van der Waals surface area contributed by atoms with E-state index in [9.17, 15) is 0 Å². The van der Waals surface area contributed by atoms with Crippen molar-refractivity contribution in [3.63, 3.8) is 0 Å². The molecule has 1 saturated heterocycles. The Hall–Kier alpha value is -0.110. The lowest BCUT2D eigenvalue weighted by molar-refractivity contribution is 0.202. The summed E-state index contributed by atoms with van der Waals surface area (Å²) >= 11 is 2.14. The van der Waals surface area contributed by atoms with Gasteiger partial charge < -0.3 is 4.74 Å². The Morgan fingerprint density at radius 3 is 2.78 bits per heavy atom. The lowest BCUT2D eigenvalue weighted by atomic mass is 9.80. The van der Waals surface area contributed by atoms with Crippen molar-refractivity contribution >= 4 is 11.8 Å². The Kier molecular flexibility index (Phi) is 5.94. The molecule has 1 aliphatic carbocycles. The van der Waals surface area contributed by atoms with Gasteiger partial charge in [-0.2, -0.15) is 11.8 Å². The Labute approximate surface area is 117 Å². The van der Waals surface area contributed by atoms with E-state index < -0.39 is 0 Å². The second-order valence-corrected chi connectivity index (χ2v) is 7.07. The van der Waals surface area contributed by atoms with E-state index in [0.717, 1.165) is 6.61 Å². The zero-order valence-corrected chi connectivity index (χ0v) is 12.7. The maximum atomic E-state index is 5.75. The first kappa shape index (κ1) is 14.3. The summed E-state index contributed by atoms with van der Waals surface area (Å²) < 4.78 is 5.75. The summed E-state index contributed by atoms with van der Waals surface area (Å²) in [4.78, 5) is 0. The Balaban J connectivity index is 1.60. The molecule has 2 rings (SSSR count). The van der Waals surface area contributed by atoms with Gasteiger partial charge in [0.05, 0.1) is 12.9 Å². The highest BCUT2D eigenvalue weighted by atomic mass is 32.2. The second-order valence-electron chi connectivity index (χ2n) is 5.97. The minimum Gasteiger partial charge on any atom is -0.501 e. The minimum absolute atomic E-state index is 0.645. The smallest absolute Gasteiger partial charge is 0.0873 e. The molecule has 1 nitrogen and oxygen atoms in total. The number of hydrogen-bond acceptors (Lipinski definition) is 2. The van der Waals surface area contributed by atoms with Crippen LogP contribution in [-0.2, 0) is 4.74 Å². The van der Waals surface area contributed by atoms with Gasteiger partial charge >= 0.3 is 0 Å². The van der Waals surface area contributed by atoms with E-state index in [2.05, 4.69) is 24.9 Å². The minimum atomic E-state index is 0.645. The lowest BCUT2D eigenvalue weighted by Crippen LogP contribution is -2.19. The number of ether oxygens (including phenoxy) is 1. The largest absolute Gasteiger partial charge is 0.501 e. The molecule has 104 valence electrons. The predicted molar refractivity (Wildman–Crippen MR) is 81.0 cm³/mol. The standard InChI is InChI=1S/C16H28OS/c1-2-16(10-12-18-14-16)9-6-11-17-13-15-7-4-3-5-8-15/h13H,2-12,14H2,1H3. The van der Waals surface area contributed by atoms with Crippen LogP contribution in [0.4, 0.5) is 0 Å². The van der Waals surface area contributed by atoms with Crippen molar-refractivity contribution in [1.82, 2.24) is 0 Å². The molecule has 0 amide bonds. The van der Waals surface area contributed by atoms with Crippen molar-refractivity contribution in [3.8, 4) is 0 Å². The number of hydrogen-bond donors (Lipinski definition) is 0. The number of thioether (sulfide) groups is 1. The molecule has 1 unspecified atom stereocenters. The highest BCUT2D eigenvalue weighted by molar-refractivity contribution is 7.99. The van der Waals surface area contributed by atoms with Crippen LogP contribution in [0.15, 0.2) is 11.8 Å². The van der Waals surface area contributed by atoms with Gasteiger partial charge in [-0.05, 0) is 73.9 Å². The summed E-state index contributed by atoms with van der Waals surface area (Å²) in [6.07, 6.45) is 14.1. The SMILES string of the molecule is CCC1(CCCOC=C2CCCCC2)CCSC1. The predicted octanol–water partition coefficient (Wildman–Crippen LogP) is 5.16. The first-order valence-electron chi connectivity index (χ1n) is 7.72. The van der Waals surface area contributed by atoms with Crippen molar-refractivity contribution in [2.75, 3.05) is 18.1 Å². The van der Waals surface area contributed by atoms with Crippen LogP contribution in [0.3, 0.4) is 0 Å². The van der Waals surface area contributed by atoms with Crippen LogP contribution in [0.25, 0.3) is 0 Å². The van der Waals surface area contributed by atoms with Crippen molar-refractivity contribution in [2.24, 2.45) is 5.41 Å². The van der Waals surface area contributed by atoms with Gasteiger partial charge in [-0.15, -0.1) is 0 Å². The van der Waals surface area contributed by atoms with E-state index >= 15 is 0 Å². The van der Waals surface area contributed by atoms with E-state index in [1.807, 2.05) is 0 Å². The molecule has 1 heterocycles. The summed E-state index contributed by atoms with van der Waals surface area (Å²) in [5.41, 5.74) is 2.19. The van der Waals surface area contributed by atoms with Crippen LogP contribution in [0.5, 0.6) is 0 Å². The maximum Gasteiger partial charge on any atom is 0.0873 e. The van der Waals surface area contributed by atoms with Gasteiger partial charge in [-0.25, -0.2) is 0 Å². The molecule has 2 fully saturated rings. The third-order valence-electron chi connectivity index (χ3n) is 4.65. The molecule has 2 aliphatic rings. The molecule has 1 saturated carbocycles. The Bertz CT molecular complexity index is 258. The van der Waals surface area contributed by atoms with E-state index in [0.29, 0.717) is 5.41 Å². The van der Waals surface area contributed by atoms with E-state index in [4.69, 9.17) is 4.74 Å². The molecule has 0 spiro atoms. The fourth-order valence-corrected chi connectivity index (χ4v) is 4.78. The van der Waals surface area contributed by atoms with Crippen molar-refractivity contribution in [1.29, 1.82) is 0 Å². The lowest BCUT2D eigenvalue weighted by Gasteiger charge is -2.26. The van der Waals surface area contributed by atoms with Crippen LogP contribution < -0.4 is 0 Å². The van der Waals surface area contributed by atoms with Gasteiger partial charge in [-0.3, -0.25) is 0 Å². The van der Waals surface area contributed by atoms with Gasteiger partial charge in [-0.1, -0.05) is 13.3 Å². The molecule has 0 radical (unpaired) electrons. The fraction of sp³-hybridized carbons (Fsp3) is 0.875. The van der Waals surface area contributed by atoms with Crippen LogP contribution in [0.1, 0.15) is 64.7 Å². The Morgan fingerprint density at radius 1 is 1.28 bits per heavy atom. The summed E-state index contributed by atoms with van der Waals surface area (Å²) in [5, 5.41) is 0. The molecule has 0 aromatic carbocycles. The number of allylic oxidation sites excluding steroid dienone is 1. The molecule has 0 N–H and O–H groups in total. The molecular formula is C16H28OS. The molecule has 0 bridgehead atoms. The maximum absolute atomic E-state index is 5.75. The van der Waals surface area contributed by atoms with Gasteiger partial charge in [0.25, 0.3) is 0 Å². The quantitative estimate of drug-likeness (QED) is 0.486. The molecule has 2 heteroatoms. The van der Waals surface area contributed by atoms with Crippen molar-refractivity contribution in [3.05, 3.63) is 11.8 Å². The highest BCUT2D eigenvalue weighted by Gasteiger charge is 2.31. The molecule has 1 atom stereocenters. The zero-order chi connectivity index (χ0) is 12.7. The molecule has 0 aromatic heterocycles. The highest BCUT2D eigenvalue weighted by Crippen LogP contribution is 2.42. The van der Waals surface area contributed by atoms with E-state index in [1.165, 1.54) is 69.3 Å². The van der Waals surface area contributed by atoms with Gasteiger partial charge in [0.1, 0.15) is 0 Å². The normalized spacial score (nSPS) is 28.4. The molecular weight excluding hydrogens is 240 g/mol. The summed E-state index contributed by atoms with van der Waals surface area (Å²) in [6.45, 7) is 3.28. The molecule has 18 heavy (non-hydrogen) atoms. The first-order chi connectivity index (χ1) is 8.85. The second kappa shape index (κ2) is 7.47. The average Bonchev–Trinajstić information content (AvgIpc) is 2.89. The van der Waals surface area contributed by atoms with Crippen LogP contribution in [0.2, 0.25) is 0 Å². The van der Waals surface area contributed by atoms with Gasteiger partial charge in [0, 0.05) is 0 Å². The third kappa shape index (κ3) is 4.22. The van der Waals surface area contributed by atoms with Gasteiger partial charge in [0.2, 0.25) is 0 Å². The zero-order valence-electron chi connectivity index (χ0n) is 11.9. The first-order valence-corrected chi connectivity index (χ1v) is 8.87. The molecule has 0 aromatic rings. The Morgan fingerprint density at radius 2 is 2.11 bits per heavy atom.